The molecule has 1 amide bonds. The van der Waals surface area contributed by atoms with E-state index in [-0.39, 0.29) is 23.4 Å². The summed E-state index contributed by atoms with van der Waals surface area (Å²) in [6.07, 6.45) is -2.29. The van der Waals surface area contributed by atoms with Crippen LogP contribution in [-0.4, -0.2) is 39.0 Å². The summed E-state index contributed by atoms with van der Waals surface area (Å²) in [6.45, 7) is 3.72. The van der Waals surface area contributed by atoms with E-state index >= 15 is 0 Å². The van der Waals surface area contributed by atoms with Gasteiger partial charge in [0, 0.05) is 11.9 Å². The Hall–Kier alpha value is -4.16. The van der Waals surface area contributed by atoms with E-state index in [0.717, 1.165) is 12.1 Å². The highest BCUT2D eigenvalue weighted by Crippen LogP contribution is 2.33. The molecule has 0 spiro atoms. The number of carbonyl (C=O) groups excluding carboxylic acids is 1. The number of nitrogens with one attached hydrogen (secondary N) is 1. The Balaban J connectivity index is 2.35. The van der Waals surface area contributed by atoms with Crippen molar-refractivity contribution in [2.24, 2.45) is 0 Å². The van der Waals surface area contributed by atoms with Crippen LogP contribution < -0.4 is 5.32 Å². The van der Waals surface area contributed by atoms with Crippen molar-refractivity contribution < 1.29 is 32.6 Å². The topological polar surface area (TPSA) is 141 Å². The molecular formula is C20H16F3N5O4. The second-order valence-electron chi connectivity index (χ2n) is 6.79. The van der Waals surface area contributed by atoms with Gasteiger partial charge in [0.05, 0.1) is 47.7 Å². The van der Waals surface area contributed by atoms with Crippen molar-refractivity contribution in [2.45, 2.75) is 25.2 Å². The highest BCUT2D eigenvalue weighted by molar-refractivity contribution is 5.97. The minimum absolute atomic E-state index is 0.185. The molecule has 2 N–H and O–H groups in total. The van der Waals surface area contributed by atoms with Gasteiger partial charge in [0.1, 0.15) is 6.07 Å². The molecule has 2 rings (SSSR count). The van der Waals surface area contributed by atoms with Crippen LogP contribution in [0.25, 0.3) is 0 Å². The van der Waals surface area contributed by atoms with Gasteiger partial charge < -0.3 is 15.2 Å². The zero-order chi connectivity index (χ0) is 24.1. The van der Waals surface area contributed by atoms with Gasteiger partial charge >= 0.3 is 12.1 Å². The fourth-order valence-corrected chi connectivity index (χ4v) is 2.53. The van der Waals surface area contributed by atoms with E-state index in [4.69, 9.17) is 20.4 Å². The van der Waals surface area contributed by atoms with E-state index in [9.17, 15) is 22.8 Å². The minimum Gasteiger partial charge on any atom is -0.478 e. The molecule has 1 heterocycles. The molecule has 0 aliphatic carbocycles. The summed E-state index contributed by atoms with van der Waals surface area (Å²) in [5.41, 5.74) is -4.10. The van der Waals surface area contributed by atoms with Crippen LogP contribution >= 0.6 is 0 Å². The van der Waals surface area contributed by atoms with Gasteiger partial charge in [-0.1, -0.05) is 6.58 Å². The number of carbonyl (C=O) groups is 2. The maximum absolute atomic E-state index is 13.2. The highest BCUT2D eigenvalue weighted by Gasteiger charge is 2.37. The molecule has 12 heteroatoms. The van der Waals surface area contributed by atoms with E-state index in [0.29, 0.717) is 6.07 Å². The van der Waals surface area contributed by atoms with Crippen molar-refractivity contribution in [1.29, 1.82) is 10.5 Å². The van der Waals surface area contributed by atoms with Crippen LogP contribution in [0.2, 0.25) is 0 Å². The second-order valence-corrected chi connectivity index (χ2v) is 6.79. The number of alkyl halides is 3. The molecular weight excluding hydrogens is 431 g/mol. The van der Waals surface area contributed by atoms with E-state index in [1.165, 1.54) is 30.1 Å². The molecule has 0 bridgehead atoms. The SMILES string of the molecule is C=C(COC(C)(Cn1cc(C#N)cn1)C(=O)Nc1ccc(C#N)c(C(F)(F)F)c1)C(=O)O. The molecule has 1 atom stereocenters. The van der Waals surface area contributed by atoms with Gasteiger partial charge in [-0.05, 0) is 25.1 Å². The van der Waals surface area contributed by atoms with Crippen LogP contribution in [0.4, 0.5) is 18.9 Å². The molecule has 2 aromatic rings. The zero-order valence-electron chi connectivity index (χ0n) is 16.6. The minimum atomic E-state index is -4.83. The lowest BCUT2D eigenvalue weighted by Gasteiger charge is -2.29. The lowest BCUT2D eigenvalue weighted by molar-refractivity contribution is -0.143. The van der Waals surface area contributed by atoms with Crippen molar-refractivity contribution in [3.05, 3.63) is 59.4 Å². The summed E-state index contributed by atoms with van der Waals surface area (Å²) in [4.78, 5) is 24.0. The summed E-state index contributed by atoms with van der Waals surface area (Å²) in [5, 5.41) is 33.0. The molecule has 0 radical (unpaired) electrons. The first-order valence-electron chi connectivity index (χ1n) is 8.80. The maximum Gasteiger partial charge on any atom is 0.417 e. The average molecular weight is 447 g/mol. The monoisotopic (exact) mass is 447 g/mol. The third-order valence-corrected chi connectivity index (χ3v) is 4.28. The van der Waals surface area contributed by atoms with Gasteiger partial charge in [0.2, 0.25) is 0 Å². The standard InChI is InChI=1S/C20H16F3N5O4/c1-12(17(29)30)10-32-19(2,11-28-9-13(6-24)8-26-28)18(31)27-15-4-3-14(7-25)16(5-15)20(21,22)23/h3-5,8-9H,1,10-11H2,2H3,(H,27,31)(H,29,30). The van der Waals surface area contributed by atoms with E-state index < -0.39 is 41.4 Å². The van der Waals surface area contributed by atoms with Gasteiger partial charge in [-0.15, -0.1) is 0 Å². The normalized spacial score (nSPS) is 12.8. The molecule has 0 aliphatic heterocycles. The van der Waals surface area contributed by atoms with Gasteiger partial charge in [0.25, 0.3) is 5.91 Å². The summed E-state index contributed by atoms with van der Waals surface area (Å²) < 4.78 is 46.3. The molecule has 9 nitrogen and oxygen atoms in total. The molecule has 166 valence electrons. The molecule has 32 heavy (non-hydrogen) atoms. The summed E-state index contributed by atoms with van der Waals surface area (Å²) >= 11 is 0. The second kappa shape index (κ2) is 9.32. The molecule has 1 aromatic heterocycles. The fraction of sp³-hybridized carbons (Fsp3) is 0.250. The average Bonchev–Trinajstić information content (AvgIpc) is 3.18. The van der Waals surface area contributed by atoms with Gasteiger partial charge in [-0.2, -0.15) is 28.8 Å². The number of halogens is 3. The molecule has 0 saturated heterocycles. The smallest absolute Gasteiger partial charge is 0.417 e. The Morgan fingerprint density at radius 3 is 2.53 bits per heavy atom. The number of anilines is 1. The molecule has 0 fully saturated rings. The first-order chi connectivity index (χ1) is 14.9. The van der Waals surface area contributed by atoms with E-state index in [1.54, 1.807) is 0 Å². The van der Waals surface area contributed by atoms with Crippen LogP contribution in [0.3, 0.4) is 0 Å². The highest BCUT2D eigenvalue weighted by atomic mass is 19.4. The number of carboxylic acid groups (broad SMARTS) is 1. The lowest BCUT2D eigenvalue weighted by Crippen LogP contribution is -2.47. The number of aliphatic carboxylic acids is 1. The lowest BCUT2D eigenvalue weighted by atomic mass is 10.0. The van der Waals surface area contributed by atoms with Crippen LogP contribution in [0.15, 0.2) is 42.7 Å². The Labute approximate surface area is 179 Å². The van der Waals surface area contributed by atoms with Crippen LogP contribution in [-0.2, 0) is 27.0 Å². The van der Waals surface area contributed by atoms with Gasteiger partial charge in [-0.25, -0.2) is 4.79 Å². The zero-order valence-corrected chi connectivity index (χ0v) is 16.6. The summed E-state index contributed by atoms with van der Waals surface area (Å²) in [6, 6.07) is 5.92. The number of nitriles is 2. The number of benzene rings is 1. The number of nitrogens with zero attached hydrogens (tertiary/aromatic N) is 4. The molecule has 1 unspecified atom stereocenters. The van der Waals surface area contributed by atoms with Crippen LogP contribution in [0, 0.1) is 22.7 Å². The number of rotatable bonds is 8. The van der Waals surface area contributed by atoms with Crippen LogP contribution in [0.1, 0.15) is 23.6 Å². The number of carboxylic acids is 1. The molecule has 0 saturated carbocycles. The van der Waals surface area contributed by atoms with E-state index in [1.807, 2.05) is 6.07 Å². The Morgan fingerprint density at radius 2 is 2.00 bits per heavy atom. The van der Waals surface area contributed by atoms with Crippen LogP contribution in [0.5, 0.6) is 0 Å². The summed E-state index contributed by atoms with van der Waals surface area (Å²) in [5.74, 6) is -2.27. The first-order valence-corrected chi connectivity index (χ1v) is 8.80. The van der Waals surface area contributed by atoms with Gasteiger partial charge in [-0.3, -0.25) is 9.48 Å². The third kappa shape index (κ3) is 5.71. The third-order valence-electron chi connectivity index (χ3n) is 4.28. The molecule has 0 aliphatic rings. The molecule has 1 aromatic carbocycles. The Bertz CT molecular complexity index is 1140. The van der Waals surface area contributed by atoms with Crippen molar-refractivity contribution in [3.8, 4) is 12.1 Å². The van der Waals surface area contributed by atoms with Crippen molar-refractivity contribution >= 4 is 17.6 Å². The number of hydrogen-bond donors (Lipinski definition) is 2. The van der Waals surface area contributed by atoms with Crippen molar-refractivity contribution in [1.82, 2.24) is 9.78 Å². The number of aromatic nitrogens is 2. The predicted molar refractivity (Wildman–Crippen MR) is 103 cm³/mol. The van der Waals surface area contributed by atoms with Crippen molar-refractivity contribution in [3.63, 3.8) is 0 Å². The first kappa shape index (κ1) is 24.1. The predicted octanol–water partition coefficient (Wildman–Crippen LogP) is 2.70. The van der Waals surface area contributed by atoms with E-state index in [2.05, 4.69) is 17.0 Å². The van der Waals surface area contributed by atoms with Crippen molar-refractivity contribution in [2.75, 3.05) is 11.9 Å². The Kier molecular flexibility index (Phi) is 7.03. The number of hydrogen-bond acceptors (Lipinski definition) is 6. The van der Waals surface area contributed by atoms with Gasteiger partial charge in [0.15, 0.2) is 5.60 Å². The largest absolute Gasteiger partial charge is 0.478 e. The summed E-state index contributed by atoms with van der Waals surface area (Å²) in [7, 11) is 0. The maximum atomic E-state index is 13.2. The fourth-order valence-electron chi connectivity index (χ4n) is 2.53. The Morgan fingerprint density at radius 1 is 1.31 bits per heavy atom. The quantitative estimate of drug-likeness (QED) is 0.593. The number of amides is 1. The number of ether oxygens (including phenoxy) is 1.